The first-order valence-electron chi connectivity index (χ1n) is 4.76. The average molecular weight is 267 g/mol. The van der Waals surface area contributed by atoms with E-state index in [0.717, 1.165) is 0 Å². The summed E-state index contributed by atoms with van der Waals surface area (Å²) in [6, 6.07) is 9.55. The molecule has 0 atom stereocenters. The average Bonchev–Trinajstić information content (AvgIpc) is 2.83. The van der Waals surface area contributed by atoms with Gasteiger partial charge < -0.3 is 5.32 Å². The minimum Gasteiger partial charge on any atom is -0.321 e. The van der Waals surface area contributed by atoms with Crippen molar-refractivity contribution in [2.75, 3.05) is 5.32 Å². The molecule has 1 N–H and O–H groups in total. The Kier molecular flexibility index (Phi) is 3.55. The molecular weight excluding hydrogens is 258 g/mol. The lowest BCUT2D eigenvalue weighted by Crippen LogP contribution is -2.09. The van der Waals surface area contributed by atoms with Gasteiger partial charge in [-0.1, -0.05) is 6.07 Å². The quantitative estimate of drug-likeness (QED) is 0.836. The summed E-state index contributed by atoms with van der Waals surface area (Å²) >= 11 is 1.35. The lowest BCUT2D eigenvalue weighted by Gasteiger charge is -2.03. The fraction of sp³-hybridized carbons (Fsp3) is 0. The van der Waals surface area contributed by atoms with Crippen LogP contribution >= 0.6 is 11.3 Å². The van der Waals surface area contributed by atoms with Crippen LogP contribution in [0.4, 0.5) is 5.69 Å². The molecule has 1 amide bonds. The number of benzene rings is 1. The van der Waals surface area contributed by atoms with Crippen molar-refractivity contribution in [3.05, 3.63) is 46.7 Å². The highest BCUT2D eigenvalue weighted by molar-refractivity contribution is 7.72. The molecule has 1 heterocycles. The number of carbonyl (C=O) groups is 1. The fourth-order valence-corrected chi connectivity index (χ4v) is 2.28. The van der Waals surface area contributed by atoms with Gasteiger partial charge in [0.05, 0.1) is 9.77 Å². The summed E-state index contributed by atoms with van der Waals surface area (Å²) in [7, 11) is -2.58. The van der Waals surface area contributed by atoms with Crippen molar-refractivity contribution in [3.63, 3.8) is 0 Å². The summed E-state index contributed by atoms with van der Waals surface area (Å²) in [6.45, 7) is 0. The molecule has 0 aliphatic rings. The molecule has 6 heteroatoms. The highest BCUT2D eigenvalue weighted by Gasteiger charge is 2.06. The van der Waals surface area contributed by atoms with E-state index in [2.05, 4.69) is 5.32 Å². The van der Waals surface area contributed by atoms with E-state index in [1.165, 1.54) is 23.5 Å². The molecule has 0 bridgehead atoms. The third-order valence-electron chi connectivity index (χ3n) is 2.08. The third-order valence-corrected chi connectivity index (χ3v) is 3.67. The maximum absolute atomic E-state index is 11.7. The van der Waals surface area contributed by atoms with Crippen LogP contribution in [0.15, 0.2) is 46.7 Å². The zero-order valence-corrected chi connectivity index (χ0v) is 10.3. The van der Waals surface area contributed by atoms with Crippen LogP contribution in [-0.4, -0.2) is 14.3 Å². The van der Waals surface area contributed by atoms with Gasteiger partial charge in [-0.2, -0.15) is 0 Å². The smallest absolute Gasteiger partial charge is 0.265 e. The number of amides is 1. The summed E-state index contributed by atoms with van der Waals surface area (Å²) in [5.74, 6) is -0.195. The lowest BCUT2D eigenvalue weighted by molar-refractivity contribution is 0.103. The molecule has 0 fully saturated rings. The number of carbonyl (C=O) groups excluding carboxylic acids is 1. The lowest BCUT2D eigenvalue weighted by atomic mass is 10.3. The van der Waals surface area contributed by atoms with Crippen LogP contribution < -0.4 is 5.32 Å². The van der Waals surface area contributed by atoms with Crippen molar-refractivity contribution < 1.29 is 13.2 Å². The minimum absolute atomic E-state index is 0.195. The second-order valence-electron chi connectivity index (χ2n) is 3.24. The maximum Gasteiger partial charge on any atom is 0.265 e. The first-order chi connectivity index (χ1) is 8.16. The highest BCUT2D eigenvalue weighted by atomic mass is 32.2. The zero-order valence-electron chi connectivity index (χ0n) is 8.62. The van der Waals surface area contributed by atoms with Crippen molar-refractivity contribution in [3.8, 4) is 0 Å². The summed E-state index contributed by atoms with van der Waals surface area (Å²) in [6.07, 6.45) is 0. The van der Waals surface area contributed by atoms with Gasteiger partial charge in [0, 0.05) is 5.69 Å². The Morgan fingerprint density at radius 1 is 1.12 bits per heavy atom. The normalized spacial score (nSPS) is 10.4. The second kappa shape index (κ2) is 5.11. The number of thiol groups is 1. The van der Waals surface area contributed by atoms with Gasteiger partial charge in [-0.25, -0.2) is 8.42 Å². The number of hydrogen-bond donors (Lipinski definition) is 2. The van der Waals surface area contributed by atoms with E-state index >= 15 is 0 Å². The van der Waals surface area contributed by atoms with Gasteiger partial charge in [-0.05, 0) is 35.7 Å². The van der Waals surface area contributed by atoms with E-state index in [1.54, 1.807) is 24.3 Å². The van der Waals surface area contributed by atoms with Gasteiger partial charge in [0.2, 0.25) is 0 Å². The maximum atomic E-state index is 11.7. The van der Waals surface area contributed by atoms with Crippen molar-refractivity contribution in [1.29, 1.82) is 0 Å². The van der Waals surface area contributed by atoms with Crippen LogP contribution in [0, 0.1) is 0 Å². The van der Waals surface area contributed by atoms with Crippen molar-refractivity contribution in [2.24, 2.45) is 0 Å². The predicted octanol–water partition coefficient (Wildman–Crippen LogP) is 1.97. The second-order valence-corrected chi connectivity index (χ2v) is 5.21. The van der Waals surface area contributed by atoms with Crippen molar-refractivity contribution >= 4 is 33.6 Å². The third kappa shape index (κ3) is 2.92. The van der Waals surface area contributed by atoms with Crippen LogP contribution in [-0.2, 0) is 10.7 Å². The number of anilines is 1. The Bertz CT molecular complexity index is 578. The minimum atomic E-state index is -2.58. The number of thiophene rings is 1. The van der Waals surface area contributed by atoms with Crippen molar-refractivity contribution in [1.82, 2.24) is 0 Å². The van der Waals surface area contributed by atoms with E-state index in [-0.39, 0.29) is 10.8 Å². The molecule has 17 heavy (non-hydrogen) atoms. The Hall–Kier alpha value is -1.66. The highest BCUT2D eigenvalue weighted by Crippen LogP contribution is 2.14. The summed E-state index contributed by atoms with van der Waals surface area (Å²) < 4.78 is 21.3. The van der Waals surface area contributed by atoms with E-state index in [1.807, 2.05) is 5.38 Å². The predicted molar refractivity (Wildman–Crippen MR) is 67.3 cm³/mol. The number of hydrogen-bond acceptors (Lipinski definition) is 4. The molecule has 2 aromatic rings. The molecule has 88 valence electrons. The number of nitrogens with one attached hydrogen (secondary N) is 1. The molecule has 0 saturated heterocycles. The van der Waals surface area contributed by atoms with Crippen LogP contribution in [0.1, 0.15) is 9.67 Å². The van der Waals surface area contributed by atoms with E-state index in [9.17, 15) is 13.2 Å². The molecule has 1 aromatic carbocycles. The first-order valence-corrected chi connectivity index (χ1v) is 6.82. The van der Waals surface area contributed by atoms with Crippen LogP contribution in [0.3, 0.4) is 0 Å². The molecule has 0 aliphatic heterocycles. The molecule has 0 saturated carbocycles. The SMILES string of the molecule is O=C(Nc1ccc([SH](=O)=O)cc1)c1cccs1. The topological polar surface area (TPSA) is 63.2 Å². The Morgan fingerprint density at radius 2 is 1.82 bits per heavy atom. The van der Waals surface area contributed by atoms with Crippen LogP contribution in [0.5, 0.6) is 0 Å². The van der Waals surface area contributed by atoms with Gasteiger partial charge >= 0.3 is 0 Å². The van der Waals surface area contributed by atoms with Crippen molar-refractivity contribution in [2.45, 2.75) is 4.90 Å². The van der Waals surface area contributed by atoms with Gasteiger partial charge in [0.15, 0.2) is 10.7 Å². The molecule has 0 unspecified atom stereocenters. The monoisotopic (exact) mass is 267 g/mol. The molecule has 0 aliphatic carbocycles. The van der Waals surface area contributed by atoms with Gasteiger partial charge in [0.1, 0.15) is 0 Å². The molecule has 0 radical (unpaired) electrons. The van der Waals surface area contributed by atoms with Gasteiger partial charge in [0.25, 0.3) is 5.91 Å². The van der Waals surface area contributed by atoms with E-state index < -0.39 is 10.7 Å². The molecular formula is C11H9NO3S2. The Labute approximate surface area is 104 Å². The Morgan fingerprint density at radius 3 is 2.35 bits per heavy atom. The van der Waals surface area contributed by atoms with Crippen LogP contribution in [0.25, 0.3) is 0 Å². The molecule has 2 rings (SSSR count). The van der Waals surface area contributed by atoms with E-state index in [0.29, 0.717) is 10.6 Å². The van der Waals surface area contributed by atoms with Gasteiger partial charge in [-0.3, -0.25) is 4.79 Å². The van der Waals surface area contributed by atoms with Gasteiger partial charge in [-0.15, -0.1) is 11.3 Å². The molecule has 0 spiro atoms. The standard InChI is InChI=1S/C11H9NO3S2/c13-11(10-2-1-7-16-10)12-8-3-5-9(6-4-8)17(14)15/h1-7,17H,(H,12,13). The van der Waals surface area contributed by atoms with Crippen LogP contribution in [0.2, 0.25) is 0 Å². The number of rotatable bonds is 3. The first kappa shape index (κ1) is 11.8. The summed E-state index contributed by atoms with van der Waals surface area (Å²) in [5.41, 5.74) is 0.573. The van der Waals surface area contributed by atoms with E-state index in [4.69, 9.17) is 0 Å². The largest absolute Gasteiger partial charge is 0.321 e. The summed E-state index contributed by atoms with van der Waals surface area (Å²) in [5, 5.41) is 4.50. The molecule has 1 aromatic heterocycles. The fourth-order valence-electron chi connectivity index (χ4n) is 1.27. The summed E-state index contributed by atoms with van der Waals surface area (Å²) in [4.78, 5) is 12.5. The Balaban J connectivity index is 2.12. The zero-order chi connectivity index (χ0) is 12.3. The molecule has 4 nitrogen and oxygen atoms in total.